The van der Waals surface area contributed by atoms with E-state index >= 15 is 0 Å². The lowest BCUT2D eigenvalue weighted by atomic mass is 10.00. The second kappa shape index (κ2) is 4.79. The summed E-state index contributed by atoms with van der Waals surface area (Å²) in [6, 6.07) is 4.12. The highest BCUT2D eigenvalue weighted by atomic mass is 35.5. The lowest BCUT2D eigenvalue weighted by molar-refractivity contribution is 0.739. The number of aromatic amines is 1. The Kier molecular flexibility index (Phi) is 3.14. The first-order valence-corrected chi connectivity index (χ1v) is 6.87. The van der Waals surface area contributed by atoms with Crippen LogP contribution in [0, 0.1) is 0 Å². The number of benzene rings is 1. The van der Waals surface area contributed by atoms with E-state index in [1.807, 2.05) is 6.07 Å². The number of aryl methyl sites for hydroxylation is 1. The van der Waals surface area contributed by atoms with Crippen LogP contribution in [0.5, 0.6) is 0 Å². The average Bonchev–Trinajstić information content (AvgIpc) is 2.86. The monoisotopic (exact) mass is 260 g/mol. The van der Waals surface area contributed by atoms with Gasteiger partial charge in [-0.15, -0.1) is 0 Å². The zero-order chi connectivity index (χ0) is 12.5. The number of H-pyrrole nitrogens is 1. The Morgan fingerprint density at radius 1 is 1.33 bits per heavy atom. The predicted octanol–water partition coefficient (Wildman–Crippen LogP) is 3.76. The Balaban J connectivity index is 2.22. The van der Waals surface area contributed by atoms with Gasteiger partial charge in [-0.2, -0.15) is 0 Å². The Morgan fingerprint density at radius 3 is 2.94 bits per heavy atom. The highest BCUT2D eigenvalue weighted by Crippen LogP contribution is 2.33. The van der Waals surface area contributed by atoms with E-state index in [1.165, 1.54) is 27.6 Å². The normalized spacial score (nSPS) is 16.0. The van der Waals surface area contributed by atoms with E-state index in [9.17, 15) is 0 Å². The Labute approximate surface area is 112 Å². The molecule has 0 amide bonds. The van der Waals surface area contributed by atoms with Crippen molar-refractivity contribution in [3.05, 3.63) is 40.6 Å². The molecule has 1 aromatic carbocycles. The van der Waals surface area contributed by atoms with Crippen molar-refractivity contribution in [3.63, 3.8) is 0 Å². The minimum atomic E-state index is 0.838. The van der Waals surface area contributed by atoms with Crippen LogP contribution in [0.15, 0.2) is 24.4 Å². The van der Waals surface area contributed by atoms with Gasteiger partial charge in [0, 0.05) is 23.7 Å². The van der Waals surface area contributed by atoms with Gasteiger partial charge in [-0.1, -0.05) is 30.7 Å². The Morgan fingerprint density at radius 2 is 2.22 bits per heavy atom. The first-order valence-electron chi connectivity index (χ1n) is 6.50. The molecule has 94 valence electrons. The summed E-state index contributed by atoms with van der Waals surface area (Å²) in [5, 5.41) is 5.42. The molecule has 0 radical (unpaired) electrons. The summed E-state index contributed by atoms with van der Waals surface area (Å²) >= 11 is 6.38. The van der Waals surface area contributed by atoms with Gasteiger partial charge in [0.25, 0.3) is 0 Å². The molecule has 0 saturated carbocycles. The van der Waals surface area contributed by atoms with Gasteiger partial charge < -0.3 is 10.3 Å². The van der Waals surface area contributed by atoms with Crippen LogP contribution < -0.4 is 5.32 Å². The molecule has 0 saturated heterocycles. The molecule has 2 heterocycles. The van der Waals surface area contributed by atoms with Crippen LogP contribution in [0.3, 0.4) is 0 Å². The van der Waals surface area contributed by atoms with E-state index in [0.717, 1.165) is 31.0 Å². The van der Waals surface area contributed by atoms with Crippen LogP contribution in [0.1, 0.15) is 24.5 Å². The molecule has 2 N–H and O–H groups in total. The second-order valence-corrected chi connectivity index (χ2v) is 5.11. The number of hydrogen-bond donors (Lipinski definition) is 2. The summed E-state index contributed by atoms with van der Waals surface area (Å²) in [5.74, 6) is 0. The number of aromatic nitrogens is 1. The van der Waals surface area contributed by atoms with Crippen molar-refractivity contribution in [1.82, 2.24) is 10.3 Å². The fourth-order valence-corrected chi connectivity index (χ4v) is 2.92. The van der Waals surface area contributed by atoms with E-state index in [-0.39, 0.29) is 0 Å². The lowest BCUT2D eigenvalue weighted by Gasteiger charge is -2.14. The molecule has 2 nitrogen and oxygen atoms in total. The highest BCUT2D eigenvalue weighted by Gasteiger charge is 2.14. The van der Waals surface area contributed by atoms with Crippen LogP contribution in [-0.2, 0) is 6.42 Å². The fourth-order valence-electron chi connectivity index (χ4n) is 2.66. The molecule has 1 aliphatic heterocycles. The van der Waals surface area contributed by atoms with Gasteiger partial charge >= 0.3 is 0 Å². The molecule has 3 rings (SSSR count). The fraction of sp³-hybridized carbons (Fsp3) is 0.333. The van der Waals surface area contributed by atoms with E-state index in [2.05, 4.69) is 35.6 Å². The maximum absolute atomic E-state index is 6.38. The zero-order valence-electron chi connectivity index (χ0n) is 10.5. The maximum Gasteiger partial charge on any atom is 0.0507 e. The molecule has 18 heavy (non-hydrogen) atoms. The van der Waals surface area contributed by atoms with Crippen molar-refractivity contribution < 1.29 is 0 Å². The van der Waals surface area contributed by atoms with Crippen molar-refractivity contribution in [2.45, 2.75) is 19.8 Å². The van der Waals surface area contributed by atoms with Crippen LogP contribution in [0.4, 0.5) is 0 Å². The van der Waals surface area contributed by atoms with Crippen molar-refractivity contribution in [3.8, 4) is 0 Å². The highest BCUT2D eigenvalue weighted by molar-refractivity contribution is 6.36. The van der Waals surface area contributed by atoms with E-state index in [4.69, 9.17) is 11.6 Å². The van der Waals surface area contributed by atoms with E-state index in [0.29, 0.717) is 0 Å². The molecule has 0 bridgehead atoms. The summed E-state index contributed by atoms with van der Waals surface area (Å²) in [7, 11) is 0. The van der Waals surface area contributed by atoms with Gasteiger partial charge in [0.05, 0.1) is 10.5 Å². The predicted molar refractivity (Wildman–Crippen MR) is 78.2 cm³/mol. The Bertz CT molecular complexity index is 610. The summed E-state index contributed by atoms with van der Waals surface area (Å²) in [4.78, 5) is 3.39. The summed E-state index contributed by atoms with van der Waals surface area (Å²) in [5.41, 5.74) is 5.11. The van der Waals surface area contributed by atoms with E-state index < -0.39 is 0 Å². The average molecular weight is 261 g/mol. The molecule has 0 spiro atoms. The van der Waals surface area contributed by atoms with Gasteiger partial charge in [-0.05, 0) is 36.6 Å². The third kappa shape index (κ3) is 1.86. The van der Waals surface area contributed by atoms with Gasteiger partial charge in [-0.25, -0.2) is 0 Å². The minimum Gasteiger partial charge on any atom is -0.360 e. The molecular formula is C15H17ClN2. The molecule has 0 fully saturated rings. The van der Waals surface area contributed by atoms with Crippen molar-refractivity contribution in [2.75, 3.05) is 13.1 Å². The molecule has 0 aliphatic carbocycles. The maximum atomic E-state index is 6.38. The number of nitrogens with one attached hydrogen (secondary N) is 2. The summed E-state index contributed by atoms with van der Waals surface area (Å²) in [6.45, 7) is 4.17. The first kappa shape index (κ1) is 11.8. The topological polar surface area (TPSA) is 27.8 Å². The number of hydrogen-bond acceptors (Lipinski definition) is 1. The molecule has 2 aromatic rings. The minimum absolute atomic E-state index is 0.838. The van der Waals surface area contributed by atoms with Gasteiger partial charge in [-0.3, -0.25) is 0 Å². The van der Waals surface area contributed by atoms with Gasteiger partial charge in [0.1, 0.15) is 0 Å². The van der Waals surface area contributed by atoms with Gasteiger partial charge in [0.15, 0.2) is 0 Å². The number of halogens is 1. The van der Waals surface area contributed by atoms with Crippen LogP contribution in [0.2, 0.25) is 5.02 Å². The third-order valence-corrected chi connectivity index (χ3v) is 3.94. The van der Waals surface area contributed by atoms with E-state index in [1.54, 1.807) is 0 Å². The first-order chi connectivity index (χ1) is 8.81. The quantitative estimate of drug-likeness (QED) is 0.845. The Hall–Kier alpha value is -1.25. The number of rotatable bonds is 2. The van der Waals surface area contributed by atoms with Crippen LogP contribution in [0.25, 0.3) is 16.5 Å². The lowest BCUT2D eigenvalue weighted by Crippen LogP contribution is -2.21. The third-order valence-electron chi connectivity index (χ3n) is 3.63. The number of fused-ring (bicyclic) bond motifs is 1. The largest absolute Gasteiger partial charge is 0.360 e. The SMILES string of the molecule is CCc1ccc(Cl)c2c(C3=CCCNC3)c[nH]c12. The molecular weight excluding hydrogens is 244 g/mol. The molecule has 3 heteroatoms. The summed E-state index contributed by atoms with van der Waals surface area (Å²) in [6.07, 6.45) is 6.51. The van der Waals surface area contributed by atoms with Crippen molar-refractivity contribution >= 4 is 28.1 Å². The summed E-state index contributed by atoms with van der Waals surface area (Å²) < 4.78 is 0. The van der Waals surface area contributed by atoms with Gasteiger partial charge in [0.2, 0.25) is 0 Å². The standard InChI is InChI=1S/C15H17ClN2/c1-2-10-5-6-13(16)14-12(9-18-15(10)14)11-4-3-7-17-8-11/h4-6,9,17-18H,2-3,7-8H2,1H3. The molecule has 0 atom stereocenters. The van der Waals surface area contributed by atoms with Crippen LogP contribution in [-0.4, -0.2) is 18.1 Å². The zero-order valence-corrected chi connectivity index (χ0v) is 11.3. The second-order valence-electron chi connectivity index (χ2n) is 4.71. The molecule has 1 aliphatic rings. The van der Waals surface area contributed by atoms with Crippen molar-refractivity contribution in [2.24, 2.45) is 0 Å². The van der Waals surface area contributed by atoms with Crippen molar-refractivity contribution in [1.29, 1.82) is 0 Å². The van der Waals surface area contributed by atoms with Crippen LogP contribution >= 0.6 is 11.6 Å². The smallest absolute Gasteiger partial charge is 0.0507 e. The molecule has 1 aromatic heterocycles. The molecule has 0 unspecified atom stereocenters.